The number of benzene rings is 1. The summed E-state index contributed by atoms with van der Waals surface area (Å²) in [5, 5.41) is 9.20. The van der Waals surface area contributed by atoms with Crippen molar-refractivity contribution in [3.8, 4) is 11.5 Å². The van der Waals surface area contributed by atoms with Crippen molar-refractivity contribution in [2.45, 2.75) is 19.6 Å². The van der Waals surface area contributed by atoms with Crippen LogP contribution < -0.4 is 5.32 Å². The lowest BCUT2D eigenvalue weighted by molar-refractivity contribution is -0.141. The number of nitrogens with zero attached hydrogens (tertiary/aromatic N) is 4. The number of morpholine rings is 1. The van der Waals surface area contributed by atoms with E-state index in [9.17, 15) is 18.0 Å². The maximum Gasteiger partial charge on any atom is 0.435 e. The predicted octanol–water partition coefficient (Wildman–Crippen LogP) is 3.09. The monoisotopic (exact) mass is 474 g/mol. The van der Waals surface area contributed by atoms with E-state index >= 15 is 0 Å². The van der Waals surface area contributed by atoms with Crippen LogP contribution in [0.3, 0.4) is 0 Å². The molecule has 0 aliphatic carbocycles. The van der Waals surface area contributed by atoms with E-state index in [4.69, 9.17) is 4.74 Å². The normalized spacial score (nSPS) is 15.2. The van der Waals surface area contributed by atoms with Crippen LogP contribution >= 0.6 is 0 Å². The minimum atomic E-state index is -4.77. The topological polar surface area (TPSA) is 128 Å². The van der Waals surface area contributed by atoms with Crippen LogP contribution in [-0.4, -0.2) is 67.2 Å². The fourth-order valence-corrected chi connectivity index (χ4v) is 3.89. The number of amides is 1. The van der Waals surface area contributed by atoms with Crippen molar-refractivity contribution in [2.24, 2.45) is 0 Å². The van der Waals surface area contributed by atoms with E-state index < -0.39 is 23.5 Å². The van der Waals surface area contributed by atoms with E-state index in [1.165, 1.54) is 13.1 Å². The standard InChI is InChI=1S/C21H21F3N8O2/c1-11-26-17(18(27-11)21(22,23)24)20(33)30-15-9-25-31-16(15)19-28-13-3-2-12(8-14(13)29-19)10-32-4-6-34-7-5-32/h2-3,8-9H,4-7,10H2,1H3,(H,25,31)(H,26,27)(H,28,29)(H,30,33). The molecule has 34 heavy (non-hydrogen) atoms. The van der Waals surface area contributed by atoms with Gasteiger partial charge < -0.3 is 20.0 Å². The summed E-state index contributed by atoms with van der Waals surface area (Å²) in [4.78, 5) is 28.4. The summed E-state index contributed by atoms with van der Waals surface area (Å²) in [6.45, 7) is 5.28. The van der Waals surface area contributed by atoms with Crippen molar-refractivity contribution < 1.29 is 22.7 Å². The van der Waals surface area contributed by atoms with Gasteiger partial charge in [-0.25, -0.2) is 9.97 Å². The van der Waals surface area contributed by atoms with Crippen LogP contribution in [0.5, 0.6) is 0 Å². The maximum atomic E-state index is 13.2. The zero-order chi connectivity index (χ0) is 23.9. The number of carbonyl (C=O) groups excluding carboxylic acids is 1. The summed E-state index contributed by atoms with van der Waals surface area (Å²) < 4.78 is 45.1. The average molecular weight is 474 g/mol. The van der Waals surface area contributed by atoms with Crippen molar-refractivity contribution in [1.29, 1.82) is 0 Å². The first-order chi connectivity index (χ1) is 16.3. The summed E-state index contributed by atoms with van der Waals surface area (Å²) in [6.07, 6.45) is -3.39. The highest BCUT2D eigenvalue weighted by atomic mass is 19.4. The van der Waals surface area contributed by atoms with Gasteiger partial charge in [-0.05, 0) is 24.6 Å². The number of ether oxygens (including phenoxy) is 1. The third-order valence-electron chi connectivity index (χ3n) is 5.49. The Morgan fingerprint density at radius 1 is 1.21 bits per heavy atom. The number of aromatic amines is 3. The molecule has 0 unspecified atom stereocenters. The summed E-state index contributed by atoms with van der Waals surface area (Å²) in [5.41, 5.74) is 1.08. The molecule has 13 heteroatoms. The molecule has 1 amide bonds. The summed E-state index contributed by atoms with van der Waals surface area (Å²) in [5.74, 6) is -0.638. The Hall–Kier alpha value is -3.71. The van der Waals surface area contributed by atoms with Crippen molar-refractivity contribution in [3.05, 3.63) is 47.2 Å². The van der Waals surface area contributed by atoms with Crippen LogP contribution in [-0.2, 0) is 17.5 Å². The van der Waals surface area contributed by atoms with Gasteiger partial charge in [0.1, 0.15) is 11.5 Å². The molecule has 10 nitrogen and oxygen atoms in total. The summed E-state index contributed by atoms with van der Waals surface area (Å²) in [7, 11) is 0. The van der Waals surface area contributed by atoms with Crippen molar-refractivity contribution >= 4 is 22.6 Å². The quantitative estimate of drug-likeness (QED) is 0.352. The van der Waals surface area contributed by atoms with Gasteiger partial charge in [0.15, 0.2) is 17.2 Å². The molecule has 1 fully saturated rings. The molecule has 1 saturated heterocycles. The molecule has 0 radical (unpaired) electrons. The van der Waals surface area contributed by atoms with Crippen LogP contribution in [0.15, 0.2) is 24.4 Å². The molecule has 1 aliphatic rings. The largest absolute Gasteiger partial charge is 0.435 e. The number of alkyl halides is 3. The molecule has 0 saturated carbocycles. The van der Waals surface area contributed by atoms with E-state index in [2.05, 4.69) is 40.3 Å². The Kier molecular flexibility index (Phi) is 5.57. The van der Waals surface area contributed by atoms with Gasteiger partial charge in [0.25, 0.3) is 5.91 Å². The Morgan fingerprint density at radius 2 is 2.00 bits per heavy atom. The zero-order valence-corrected chi connectivity index (χ0v) is 18.1. The molecule has 1 aromatic carbocycles. The second-order valence-corrected chi connectivity index (χ2v) is 7.97. The van der Waals surface area contributed by atoms with Crippen LogP contribution in [0.2, 0.25) is 0 Å². The number of carbonyl (C=O) groups is 1. The van der Waals surface area contributed by atoms with Crippen molar-refractivity contribution in [1.82, 2.24) is 35.0 Å². The molecule has 1 aliphatic heterocycles. The zero-order valence-electron chi connectivity index (χ0n) is 18.1. The first-order valence-corrected chi connectivity index (χ1v) is 10.6. The Bertz CT molecular complexity index is 1330. The van der Waals surface area contributed by atoms with Crippen LogP contribution in [0.4, 0.5) is 18.9 Å². The number of aromatic nitrogens is 6. The lowest BCUT2D eigenvalue weighted by atomic mass is 10.2. The van der Waals surface area contributed by atoms with Gasteiger partial charge in [0.05, 0.1) is 29.9 Å². The highest BCUT2D eigenvalue weighted by Gasteiger charge is 2.39. The number of anilines is 1. The van der Waals surface area contributed by atoms with Gasteiger partial charge in [0, 0.05) is 25.8 Å². The number of rotatable bonds is 5. The van der Waals surface area contributed by atoms with Crippen LogP contribution in [0, 0.1) is 6.92 Å². The molecule has 4 heterocycles. The number of hydrogen-bond donors (Lipinski definition) is 4. The number of hydrogen-bond acceptors (Lipinski definition) is 6. The number of halogens is 3. The first kappa shape index (κ1) is 22.1. The predicted molar refractivity (Wildman–Crippen MR) is 116 cm³/mol. The highest BCUT2D eigenvalue weighted by molar-refractivity contribution is 6.05. The number of fused-ring (bicyclic) bond motifs is 1. The van der Waals surface area contributed by atoms with Crippen molar-refractivity contribution in [3.63, 3.8) is 0 Å². The Morgan fingerprint density at radius 3 is 2.76 bits per heavy atom. The summed E-state index contributed by atoms with van der Waals surface area (Å²) in [6, 6.07) is 5.89. The third-order valence-corrected chi connectivity index (χ3v) is 5.49. The Balaban J connectivity index is 1.38. The van der Waals surface area contributed by atoms with Gasteiger partial charge in [-0.2, -0.15) is 18.3 Å². The average Bonchev–Trinajstić information content (AvgIpc) is 3.51. The van der Waals surface area contributed by atoms with Gasteiger partial charge >= 0.3 is 6.18 Å². The van der Waals surface area contributed by atoms with E-state index in [1.807, 2.05) is 18.2 Å². The maximum absolute atomic E-state index is 13.2. The SMILES string of the molecule is Cc1nc(C(F)(F)F)c(C(=O)Nc2c[nH]nc2-c2nc3cc(CN4CCOCC4)ccc3[nH]2)[nH]1. The molecule has 0 spiro atoms. The molecule has 0 atom stereocenters. The van der Waals surface area contributed by atoms with E-state index in [0.29, 0.717) is 24.6 Å². The number of aryl methyl sites for hydroxylation is 1. The minimum absolute atomic E-state index is 0.0185. The minimum Gasteiger partial charge on any atom is -0.379 e. The van der Waals surface area contributed by atoms with Crippen molar-refractivity contribution in [2.75, 3.05) is 31.6 Å². The fourth-order valence-electron chi connectivity index (χ4n) is 3.89. The lowest BCUT2D eigenvalue weighted by Crippen LogP contribution is -2.35. The molecule has 0 bridgehead atoms. The second-order valence-electron chi connectivity index (χ2n) is 7.97. The smallest absolute Gasteiger partial charge is 0.379 e. The summed E-state index contributed by atoms with van der Waals surface area (Å²) >= 11 is 0. The van der Waals surface area contributed by atoms with E-state index in [1.54, 1.807) is 0 Å². The number of H-pyrrole nitrogens is 3. The van der Waals surface area contributed by atoms with Gasteiger partial charge in [-0.1, -0.05) is 6.07 Å². The molecule has 4 aromatic rings. The first-order valence-electron chi connectivity index (χ1n) is 10.6. The van der Waals surface area contributed by atoms with Crippen LogP contribution in [0.1, 0.15) is 27.6 Å². The molecule has 4 N–H and O–H groups in total. The fraction of sp³-hybridized carbons (Fsp3) is 0.333. The molecule has 5 rings (SSSR count). The molecular weight excluding hydrogens is 453 g/mol. The van der Waals surface area contributed by atoms with Gasteiger partial charge in [-0.3, -0.25) is 14.8 Å². The third kappa shape index (κ3) is 4.39. The van der Waals surface area contributed by atoms with Crippen LogP contribution in [0.25, 0.3) is 22.6 Å². The van der Waals surface area contributed by atoms with E-state index in [-0.39, 0.29) is 17.2 Å². The highest BCUT2D eigenvalue weighted by Crippen LogP contribution is 2.32. The van der Waals surface area contributed by atoms with Gasteiger partial charge in [-0.15, -0.1) is 0 Å². The second kappa shape index (κ2) is 8.57. The number of imidazole rings is 2. The lowest BCUT2D eigenvalue weighted by Gasteiger charge is -2.26. The van der Waals surface area contributed by atoms with Gasteiger partial charge in [0.2, 0.25) is 0 Å². The Labute approximate surface area is 190 Å². The molecule has 178 valence electrons. The number of nitrogens with one attached hydrogen (secondary N) is 4. The molecular formula is C21H21F3N8O2. The molecule has 3 aromatic heterocycles. The van der Waals surface area contributed by atoms with E-state index in [0.717, 1.165) is 30.7 Å².